The van der Waals surface area contributed by atoms with Gasteiger partial charge in [0.05, 0.1) is 0 Å². The van der Waals surface area contributed by atoms with Crippen molar-refractivity contribution in [2.24, 2.45) is 0 Å². The summed E-state index contributed by atoms with van der Waals surface area (Å²) in [5, 5.41) is 0. The second kappa shape index (κ2) is 5.69. The normalized spacial score (nSPS) is 10.2. The fraction of sp³-hybridized carbons (Fsp3) is 0.500. The summed E-state index contributed by atoms with van der Waals surface area (Å²) in [6.07, 6.45) is 2.07. The lowest BCUT2D eigenvalue weighted by atomic mass is 10.0. The molecule has 1 aromatic carbocycles. The minimum absolute atomic E-state index is 0.800. The van der Waals surface area contributed by atoms with Crippen LogP contribution in [0, 0.1) is 13.8 Å². The molecule has 0 aromatic heterocycles. The summed E-state index contributed by atoms with van der Waals surface area (Å²) in [6, 6.07) is 4.11. The summed E-state index contributed by atoms with van der Waals surface area (Å²) in [7, 11) is 0. The highest BCUT2D eigenvalue weighted by Crippen LogP contribution is 2.23. The van der Waals surface area contributed by atoms with Crippen LogP contribution >= 0.6 is 0 Å². The van der Waals surface area contributed by atoms with E-state index in [0.717, 1.165) is 36.9 Å². The molecular weight excluding hydrogens is 198 g/mol. The van der Waals surface area contributed by atoms with Crippen molar-refractivity contribution in [3.05, 3.63) is 28.8 Å². The van der Waals surface area contributed by atoms with Crippen LogP contribution in [0.4, 0.5) is 5.69 Å². The molecule has 16 heavy (non-hydrogen) atoms. The Balaban J connectivity index is 3.13. The van der Waals surface area contributed by atoms with Gasteiger partial charge in [-0.05, 0) is 50.5 Å². The highest BCUT2D eigenvalue weighted by Gasteiger charge is 2.09. The number of hydrogen-bond acceptors (Lipinski definition) is 2. The number of carbonyl (C=O) groups is 1. The molecule has 0 radical (unpaired) electrons. The van der Waals surface area contributed by atoms with Gasteiger partial charge in [-0.25, -0.2) is 0 Å². The van der Waals surface area contributed by atoms with E-state index < -0.39 is 0 Å². The molecule has 2 nitrogen and oxygen atoms in total. The minimum Gasteiger partial charge on any atom is -0.372 e. The summed E-state index contributed by atoms with van der Waals surface area (Å²) in [6.45, 7) is 10.5. The van der Waals surface area contributed by atoms with Gasteiger partial charge in [-0.3, -0.25) is 4.79 Å². The van der Waals surface area contributed by atoms with Gasteiger partial charge in [0.25, 0.3) is 0 Å². The summed E-state index contributed by atoms with van der Waals surface area (Å²) in [5.74, 6) is 0. The molecule has 0 saturated heterocycles. The lowest BCUT2D eigenvalue weighted by molar-refractivity contribution is 0.112. The number of rotatable bonds is 5. The van der Waals surface area contributed by atoms with Crippen molar-refractivity contribution >= 4 is 12.0 Å². The molecule has 0 bridgehead atoms. The molecule has 0 unspecified atom stereocenters. The van der Waals surface area contributed by atoms with Gasteiger partial charge in [-0.15, -0.1) is 0 Å². The van der Waals surface area contributed by atoms with Crippen LogP contribution in [0.2, 0.25) is 0 Å². The Labute approximate surface area is 98.3 Å². The maximum absolute atomic E-state index is 10.8. The van der Waals surface area contributed by atoms with Gasteiger partial charge in [0, 0.05) is 24.3 Å². The second-order valence-corrected chi connectivity index (χ2v) is 4.19. The Morgan fingerprint density at radius 3 is 2.38 bits per heavy atom. The first kappa shape index (κ1) is 12.8. The lowest BCUT2D eigenvalue weighted by Crippen LogP contribution is -2.24. The zero-order valence-corrected chi connectivity index (χ0v) is 10.7. The van der Waals surface area contributed by atoms with E-state index in [2.05, 4.69) is 31.7 Å². The fourth-order valence-corrected chi connectivity index (χ4v) is 2.01. The summed E-state index contributed by atoms with van der Waals surface area (Å²) in [5.41, 5.74) is 4.30. The third kappa shape index (κ3) is 2.63. The number of benzene rings is 1. The van der Waals surface area contributed by atoms with E-state index >= 15 is 0 Å². The molecule has 0 aliphatic carbocycles. The molecule has 0 aliphatic rings. The van der Waals surface area contributed by atoms with E-state index in [1.54, 1.807) is 0 Å². The Kier molecular flexibility index (Phi) is 4.53. The van der Waals surface area contributed by atoms with Crippen LogP contribution in [0.25, 0.3) is 0 Å². The highest BCUT2D eigenvalue weighted by atomic mass is 16.1. The topological polar surface area (TPSA) is 20.3 Å². The van der Waals surface area contributed by atoms with Gasteiger partial charge in [0.15, 0.2) is 0 Å². The zero-order valence-electron chi connectivity index (χ0n) is 10.7. The third-order valence-corrected chi connectivity index (χ3v) is 2.93. The van der Waals surface area contributed by atoms with Crippen molar-refractivity contribution < 1.29 is 4.79 Å². The molecule has 0 atom stereocenters. The Morgan fingerprint density at radius 2 is 1.88 bits per heavy atom. The number of aryl methyl sites for hydroxylation is 2. The molecule has 1 aromatic rings. The van der Waals surface area contributed by atoms with Crippen molar-refractivity contribution in [2.45, 2.75) is 34.1 Å². The van der Waals surface area contributed by atoms with Crippen LogP contribution in [-0.2, 0) is 0 Å². The van der Waals surface area contributed by atoms with Crippen molar-refractivity contribution in [1.82, 2.24) is 0 Å². The Bertz CT molecular complexity index is 371. The maximum atomic E-state index is 10.8. The summed E-state index contributed by atoms with van der Waals surface area (Å²) >= 11 is 0. The van der Waals surface area contributed by atoms with Gasteiger partial charge in [-0.1, -0.05) is 6.92 Å². The molecule has 0 spiro atoms. The summed E-state index contributed by atoms with van der Waals surface area (Å²) < 4.78 is 0. The molecule has 88 valence electrons. The van der Waals surface area contributed by atoms with Crippen LogP contribution in [0.1, 0.15) is 41.8 Å². The summed E-state index contributed by atoms with van der Waals surface area (Å²) in [4.78, 5) is 13.2. The van der Waals surface area contributed by atoms with Gasteiger partial charge in [0.1, 0.15) is 6.29 Å². The Morgan fingerprint density at radius 1 is 1.19 bits per heavy atom. The first-order valence-corrected chi connectivity index (χ1v) is 5.95. The minimum atomic E-state index is 0.800. The number of carbonyl (C=O) groups excluding carboxylic acids is 1. The number of anilines is 1. The van der Waals surface area contributed by atoms with Crippen molar-refractivity contribution in [2.75, 3.05) is 18.0 Å². The van der Waals surface area contributed by atoms with E-state index in [9.17, 15) is 4.79 Å². The lowest BCUT2D eigenvalue weighted by Gasteiger charge is -2.25. The molecule has 1 rings (SSSR count). The SMILES string of the molecule is CCCN(CC)c1cc(C)c(C=O)cc1C. The Hall–Kier alpha value is -1.31. The van der Waals surface area contributed by atoms with E-state index in [-0.39, 0.29) is 0 Å². The molecular formula is C14H21NO. The van der Waals surface area contributed by atoms with E-state index in [4.69, 9.17) is 0 Å². The van der Waals surface area contributed by atoms with Crippen LogP contribution < -0.4 is 4.90 Å². The van der Waals surface area contributed by atoms with Gasteiger partial charge >= 0.3 is 0 Å². The smallest absolute Gasteiger partial charge is 0.150 e. The van der Waals surface area contributed by atoms with Gasteiger partial charge in [-0.2, -0.15) is 0 Å². The van der Waals surface area contributed by atoms with Crippen LogP contribution in [0.5, 0.6) is 0 Å². The molecule has 0 heterocycles. The molecule has 0 aliphatic heterocycles. The number of nitrogens with zero attached hydrogens (tertiary/aromatic N) is 1. The third-order valence-electron chi connectivity index (χ3n) is 2.93. The largest absolute Gasteiger partial charge is 0.372 e. The van der Waals surface area contributed by atoms with Gasteiger partial charge < -0.3 is 4.90 Å². The second-order valence-electron chi connectivity index (χ2n) is 4.19. The van der Waals surface area contributed by atoms with E-state index in [1.807, 2.05) is 13.0 Å². The van der Waals surface area contributed by atoms with Crippen LogP contribution in [0.3, 0.4) is 0 Å². The molecule has 0 fully saturated rings. The zero-order chi connectivity index (χ0) is 12.1. The fourth-order valence-electron chi connectivity index (χ4n) is 2.01. The van der Waals surface area contributed by atoms with Gasteiger partial charge in [0.2, 0.25) is 0 Å². The molecule has 2 heteroatoms. The van der Waals surface area contributed by atoms with Crippen LogP contribution in [0.15, 0.2) is 12.1 Å². The predicted molar refractivity (Wildman–Crippen MR) is 69.5 cm³/mol. The molecule has 0 N–H and O–H groups in total. The number of hydrogen-bond donors (Lipinski definition) is 0. The van der Waals surface area contributed by atoms with E-state index in [1.165, 1.54) is 11.3 Å². The van der Waals surface area contributed by atoms with Crippen molar-refractivity contribution in [3.8, 4) is 0 Å². The monoisotopic (exact) mass is 219 g/mol. The van der Waals surface area contributed by atoms with Crippen LogP contribution in [-0.4, -0.2) is 19.4 Å². The number of aldehydes is 1. The van der Waals surface area contributed by atoms with Crippen molar-refractivity contribution in [3.63, 3.8) is 0 Å². The molecule has 0 saturated carbocycles. The first-order valence-electron chi connectivity index (χ1n) is 5.95. The first-order chi connectivity index (χ1) is 7.63. The average Bonchev–Trinajstić information content (AvgIpc) is 2.28. The average molecular weight is 219 g/mol. The quantitative estimate of drug-likeness (QED) is 0.708. The highest BCUT2D eigenvalue weighted by molar-refractivity contribution is 5.79. The van der Waals surface area contributed by atoms with E-state index in [0.29, 0.717) is 0 Å². The van der Waals surface area contributed by atoms with Crippen molar-refractivity contribution in [1.29, 1.82) is 0 Å². The maximum Gasteiger partial charge on any atom is 0.150 e. The standard InChI is InChI=1S/C14H21NO/c1-5-7-15(6-2)14-9-11(3)13(10-16)8-12(14)4/h8-10H,5-7H2,1-4H3. The molecule has 0 amide bonds. The predicted octanol–water partition coefficient (Wildman–Crippen LogP) is 3.35.